The summed E-state index contributed by atoms with van der Waals surface area (Å²) in [5.74, 6) is -0.475. The molecule has 25 heavy (non-hydrogen) atoms. The van der Waals surface area contributed by atoms with Crippen molar-refractivity contribution < 1.29 is 13.2 Å². The zero-order chi connectivity index (χ0) is 18.6. The summed E-state index contributed by atoms with van der Waals surface area (Å²) >= 11 is 17.5. The lowest BCUT2D eigenvalue weighted by Crippen LogP contribution is -2.44. The van der Waals surface area contributed by atoms with Crippen molar-refractivity contribution in [3.05, 3.63) is 63.1 Å². The highest BCUT2D eigenvalue weighted by Crippen LogP contribution is 2.25. The topological polar surface area (TPSA) is 75.3 Å². The van der Waals surface area contributed by atoms with Crippen molar-refractivity contribution in [2.45, 2.75) is 24.4 Å². The van der Waals surface area contributed by atoms with Gasteiger partial charge in [0.2, 0.25) is 15.9 Å². The van der Waals surface area contributed by atoms with E-state index in [1.54, 1.807) is 24.3 Å². The molecule has 2 aromatic rings. The molecular weight excluding hydrogens is 407 g/mol. The summed E-state index contributed by atoms with van der Waals surface area (Å²) in [4.78, 5) is 11.9. The highest BCUT2D eigenvalue weighted by molar-refractivity contribution is 7.89. The number of hydrogen-bond acceptors (Lipinski definition) is 3. The summed E-state index contributed by atoms with van der Waals surface area (Å²) < 4.78 is 27.0. The number of sulfonamides is 1. The van der Waals surface area contributed by atoms with Crippen molar-refractivity contribution in [1.29, 1.82) is 0 Å². The van der Waals surface area contributed by atoms with Gasteiger partial charge in [0.1, 0.15) is 4.90 Å². The minimum atomic E-state index is -3.99. The molecule has 0 saturated heterocycles. The van der Waals surface area contributed by atoms with Crippen LogP contribution >= 0.6 is 34.8 Å². The van der Waals surface area contributed by atoms with Gasteiger partial charge in [-0.1, -0.05) is 46.9 Å². The molecule has 9 heteroatoms. The number of hydrogen-bond donors (Lipinski definition) is 2. The lowest BCUT2D eigenvalue weighted by molar-refractivity contribution is -0.122. The van der Waals surface area contributed by atoms with Gasteiger partial charge >= 0.3 is 0 Å². The minimum absolute atomic E-state index is 0.0191. The first-order valence-electron chi connectivity index (χ1n) is 7.18. The van der Waals surface area contributed by atoms with Crippen LogP contribution in [-0.4, -0.2) is 20.4 Å². The quantitative estimate of drug-likeness (QED) is 0.748. The third-order valence-electron chi connectivity index (χ3n) is 3.29. The van der Waals surface area contributed by atoms with E-state index in [1.165, 1.54) is 25.1 Å². The van der Waals surface area contributed by atoms with Gasteiger partial charge in [-0.15, -0.1) is 0 Å². The first-order chi connectivity index (χ1) is 11.7. The van der Waals surface area contributed by atoms with E-state index in [1.807, 2.05) is 0 Å². The van der Waals surface area contributed by atoms with Crippen LogP contribution in [0.25, 0.3) is 0 Å². The summed E-state index contributed by atoms with van der Waals surface area (Å²) in [6.07, 6.45) is 0. The maximum absolute atomic E-state index is 12.4. The monoisotopic (exact) mass is 420 g/mol. The molecule has 0 heterocycles. The number of carbonyl (C=O) groups is 1. The van der Waals surface area contributed by atoms with Crippen molar-refractivity contribution >= 4 is 50.7 Å². The molecular formula is C16H15Cl3N2O3S. The third kappa shape index (κ3) is 5.59. The van der Waals surface area contributed by atoms with Gasteiger partial charge in [0.15, 0.2) is 0 Å². The van der Waals surface area contributed by atoms with E-state index < -0.39 is 22.0 Å². The Kier molecular flexibility index (Phi) is 6.71. The molecule has 2 aromatic carbocycles. The molecule has 0 saturated carbocycles. The smallest absolute Gasteiger partial charge is 0.242 e. The molecule has 1 amide bonds. The zero-order valence-electron chi connectivity index (χ0n) is 13.1. The maximum atomic E-state index is 12.4. The van der Waals surface area contributed by atoms with Crippen molar-refractivity contribution in [3.63, 3.8) is 0 Å². The van der Waals surface area contributed by atoms with Crippen LogP contribution in [0.1, 0.15) is 12.5 Å². The molecule has 1 atom stereocenters. The molecule has 0 aliphatic rings. The lowest BCUT2D eigenvalue weighted by atomic mass is 10.2. The normalized spacial score (nSPS) is 12.6. The number of rotatable bonds is 6. The van der Waals surface area contributed by atoms with Crippen molar-refractivity contribution in [1.82, 2.24) is 10.0 Å². The van der Waals surface area contributed by atoms with Gasteiger partial charge in [0.25, 0.3) is 0 Å². The van der Waals surface area contributed by atoms with Crippen LogP contribution in [0.5, 0.6) is 0 Å². The SMILES string of the molecule is CC(NS(=O)(=O)c1cc(Cl)ccc1Cl)C(=O)NCc1ccc(Cl)cc1. The molecule has 0 bridgehead atoms. The van der Waals surface area contributed by atoms with Gasteiger partial charge in [-0.25, -0.2) is 8.42 Å². The first kappa shape index (κ1) is 20.0. The second-order valence-corrected chi connectivity index (χ2v) is 8.22. The highest BCUT2D eigenvalue weighted by atomic mass is 35.5. The maximum Gasteiger partial charge on any atom is 0.242 e. The number of halogens is 3. The summed E-state index contributed by atoms with van der Waals surface area (Å²) in [6.45, 7) is 1.69. The molecule has 134 valence electrons. The van der Waals surface area contributed by atoms with Crippen LogP contribution < -0.4 is 10.0 Å². The number of carbonyl (C=O) groups excluding carboxylic acids is 1. The lowest BCUT2D eigenvalue weighted by Gasteiger charge is -2.15. The molecule has 0 radical (unpaired) electrons. The molecule has 0 spiro atoms. The van der Waals surface area contributed by atoms with E-state index in [4.69, 9.17) is 34.8 Å². The standard InChI is InChI=1S/C16H15Cl3N2O3S/c1-10(16(22)20-9-11-2-4-12(17)5-3-11)21-25(23,24)15-8-13(18)6-7-14(15)19/h2-8,10,21H,9H2,1H3,(H,20,22). The van der Waals surface area contributed by atoms with E-state index in [2.05, 4.69) is 10.0 Å². The Hall–Kier alpha value is -1.31. The van der Waals surface area contributed by atoms with Crippen LogP contribution in [0.2, 0.25) is 15.1 Å². The Morgan fingerprint density at radius 2 is 1.64 bits per heavy atom. The van der Waals surface area contributed by atoms with E-state index >= 15 is 0 Å². The molecule has 0 fully saturated rings. The zero-order valence-corrected chi connectivity index (χ0v) is 16.2. The van der Waals surface area contributed by atoms with Crippen LogP contribution in [0, 0.1) is 0 Å². The Balaban J connectivity index is 2.02. The van der Waals surface area contributed by atoms with Crippen LogP contribution in [0.3, 0.4) is 0 Å². The predicted molar refractivity (Wildman–Crippen MR) is 99.5 cm³/mol. The first-order valence-corrected chi connectivity index (χ1v) is 9.80. The predicted octanol–water partition coefficient (Wildman–Crippen LogP) is 3.63. The second kappa shape index (κ2) is 8.38. The average Bonchev–Trinajstić information content (AvgIpc) is 2.55. The molecule has 2 rings (SSSR count). The third-order valence-corrected chi connectivity index (χ3v) is 5.80. The number of amides is 1. The Morgan fingerprint density at radius 3 is 2.28 bits per heavy atom. The van der Waals surface area contributed by atoms with Crippen LogP contribution in [-0.2, 0) is 21.4 Å². The largest absolute Gasteiger partial charge is 0.351 e. The molecule has 1 unspecified atom stereocenters. The van der Waals surface area contributed by atoms with E-state index in [0.717, 1.165) is 5.56 Å². The van der Waals surface area contributed by atoms with Gasteiger partial charge < -0.3 is 5.32 Å². The number of nitrogens with one attached hydrogen (secondary N) is 2. The Labute approximate surface area is 161 Å². The van der Waals surface area contributed by atoms with E-state index in [0.29, 0.717) is 5.02 Å². The molecule has 2 N–H and O–H groups in total. The van der Waals surface area contributed by atoms with Crippen LogP contribution in [0.15, 0.2) is 47.4 Å². The fraction of sp³-hybridized carbons (Fsp3) is 0.188. The van der Waals surface area contributed by atoms with E-state index in [-0.39, 0.29) is 21.5 Å². The minimum Gasteiger partial charge on any atom is -0.351 e. The molecule has 5 nitrogen and oxygen atoms in total. The summed E-state index contributed by atoms with van der Waals surface area (Å²) in [7, 11) is -3.99. The van der Waals surface area contributed by atoms with Gasteiger partial charge in [0, 0.05) is 16.6 Å². The molecule has 0 aromatic heterocycles. The van der Waals surface area contributed by atoms with Gasteiger partial charge in [-0.05, 0) is 42.8 Å². The average molecular weight is 422 g/mol. The number of benzene rings is 2. The molecule has 0 aliphatic heterocycles. The highest BCUT2D eigenvalue weighted by Gasteiger charge is 2.24. The summed E-state index contributed by atoms with van der Waals surface area (Å²) in [6, 6.07) is 10.0. The second-order valence-electron chi connectivity index (χ2n) is 5.26. The summed E-state index contributed by atoms with van der Waals surface area (Å²) in [5, 5.41) is 3.49. The molecule has 0 aliphatic carbocycles. The van der Waals surface area contributed by atoms with Gasteiger partial charge in [0.05, 0.1) is 11.1 Å². The van der Waals surface area contributed by atoms with Crippen LogP contribution in [0.4, 0.5) is 0 Å². The Bertz CT molecular complexity index is 871. The van der Waals surface area contributed by atoms with Crippen molar-refractivity contribution in [2.75, 3.05) is 0 Å². The summed E-state index contributed by atoms with van der Waals surface area (Å²) in [5.41, 5.74) is 0.839. The van der Waals surface area contributed by atoms with E-state index in [9.17, 15) is 13.2 Å². The van der Waals surface area contributed by atoms with Crippen molar-refractivity contribution in [3.8, 4) is 0 Å². The fourth-order valence-corrected chi connectivity index (χ4v) is 4.07. The fourth-order valence-electron chi connectivity index (χ4n) is 1.98. The van der Waals surface area contributed by atoms with Gasteiger partial charge in [-0.2, -0.15) is 4.72 Å². The van der Waals surface area contributed by atoms with Gasteiger partial charge in [-0.3, -0.25) is 4.79 Å². The van der Waals surface area contributed by atoms with Crippen molar-refractivity contribution in [2.24, 2.45) is 0 Å². The Morgan fingerprint density at radius 1 is 1.04 bits per heavy atom.